The van der Waals surface area contributed by atoms with Gasteiger partial charge in [0.1, 0.15) is 0 Å². The quantitative estimate of drug-likeness (QED) is 0.196. The molecular formula is C24H48O6. The third-order valence-corrected chi connectivity index (χ3v) is 4.48. The maximum absolute atomic E-state index is 10.1. The number of carboxylic acid groups (broad SMARTS) is 3. The Morgan fingerprint density at radius 3 is 0.867 bits per heavy atom. The molecule has 0 aliphatic heterocycles. The van der Waals surface area contributed by atoms with Gasteiger partial charge in [-0.05, 0) is 19.3 Å². The van der Waals surface area contributed by atoms with Gasteiger partial charge in [-0.15, -0.1) is 0 Å². The molecule has 3 N–H and O–H groups in total. The van der Waals surface area contributed by atoms with Crippen LogP contribution < -0.4 is 0 Å². The minimum atomic E-state index is -0.682. The van der Waals surface area contributed by atoms with Gasteiger partial charge >= 0.3 is 17.9 Å². The first-order valence-corrected chi connectivity index (χ1v) is 12.0. The summed E-state index contributed by atoms with van der Waals surface area (Å²) < 4.78 is 0. The molecule has 0 aromatic heterocycles. The molecule has 0 atom stereocenters. The molecule has 0 rings (SSSR count). The zero-order valence-electron chi connectivity index (χ0n) is 19.8. The van der Waals surface area contributed by atoms with E-state index in [0.29, 0.717) is 19.3 Å². The molecule has 180 valence electrons. The molecule has 0 bridgehead atoms. The highest BCUT2D eigenvalue weighted by atomic mass is 16.4. The highest BCUT2D eigenvalue weighted by Gasteiger charge is 1.96. The molecule has 0 amide bonds. The lowest BCUT2D eigenvalue weighted by Gasteiger charge is -1.98. The molecule has 0 fully saturated rings. The molecule has 0 aromatic rings. The molecule has 0 saturated carbocycles. The Bertz CT molecular complexity index is 382. The Morgan fingerprint density at radius 2 is 0.600 bits per heavy atom. The summed E-state index contributed by atoms with van der Waals surface area (Å²) in [6.45, 7) is 6.41. The number of carbonyl (C=O) groups is 3. The Hall–Kier alpha value is -1.59. The van der Waals surface area contributed by atoms with Crippen molar-refractivity contribution in [2.45, 2.75) is 136 Å². The largest absolute Gasteiger partial charge is 0.481 e. The lowest BCUT2D eigenvalue weighted by molar-refractivity contribution is -0.138. The summed E-state index contributed by atoms with van der Waals surface area (Å²) in [7, 11) is 0. The summed E-state index contributed by atoms with van der Waals surface area (Å²) in [5.74, 6) is -2.02. The standard InChI is InChI=1S/C10H20O2.C8H16O2.C6H12O2/c1-2-3-4-5-6-7-8-9-10(11)12;1-2-3-4-5-6-7-8(9)10;1-2-3-4-5-6(7)8/h2-9H2,1H3,(H,11,12);2-7H2,1H3,(H,9,10);2-5H2,1H3,(H,7,8). The van der Waals surface area contributed by atoms with E-state index in [0.717, 1.165) is 44.9 Å². The highest BCUT2D eigenvalue weighted by Crippen LogP contribution is 2.08. The van der Waals surface area contributed by atoms with Crippen LogP contribution in [0.25, 0.3) is 0 Å². The molecular weight excluding hydrogens is 384 g/mol. The zero-order chi connectivity index (χ0) is 23.5. The van der Waals surface area contributed by atoms with Crippen LogP contribution in [-0.2, 0) is 14.4 Å². The molecule has 0 aliphatic rings. The van der Waals surface area contributed by atoms with Crippen molar-refractivity contribution in [1.82, 2.24) is 0 Å². The number of hydrogen-bond acceptors (Lipinski definition) is 3. The summed E-state index contributed by atoms with van der Waals surface area (Å²) >= 11 is 0. The number of rotatable bonds is 18. The van der Waals surface area contributed by atoms with Gasteiger partial charge in [-0.25, -0.2) is 0 Å². The molecule has 0 aliphatic carbocycles. The Kier molecular flexibility index (Phi) is 32.6. The van der Waals surface area contributed by atoms with Crippen molar-refractivity contribution in [2.24, 2.45) is 0 Å². The van der Waals surface area contributed by atoms with Crippen LogP contribution >= 0.6 is 0 Å². The van der Waals surface area contributed by atoms with Crippen molar-refractivity contribution in [3.05, 3.63) is 0 Å². The fraction of sp³-hybridized carbons (Fsp3) is 0.875. The number of hydrogen-bond donors (Lipinski definition) is 3. The van der Waals surface area contributed by atoms with Gasteiger partial charge in [0.05, 0.1) is 0 Å². The maximum Gasteiger partial charge on any atom is 0.303 e. The van der Waals surface area contributed by atoms with Crippen LogP contribution in [0.5, 0.6) is 0 Å². The average molecular weight is 433 g/mol. The fourth-order valence-electron chi connectivity index (χ4n) is 2.64. The maximum atomic E-state index is 10.1. The van der Waals surface area contributed by atoms with E-state index in [1.165, 1.54) is 51.4 Å². The van der Waals surface area contributed by atoms with Gasteiger partial charge in [0, 0.05) is 19.3 Å². The van der Waals surface area contributed by atoms with Crippen molar-refractivity contribution in [3.8, 4) is 0 Å². The van der Waals surface area contributed by atoms with Crippen LogP contribution in [0.2, 0.25) is 0 Å². The topological polar surface area (TPSA) is 112 Å². The molecule has 6 heteroatoms. The van der Waals surface area contributed by atoms with Gasteiger partial charge in [-0.1, -0.05) is 97.8 Å². The minimum absolute atomic E-state index is 0.327. The van der Waals surface area contributed by atoms with Crippen molar-refractivity contribution >= 4 is 17.9 Å². The molecule has 0 heterocycles. The molecule has 0 aromatic carbocycles. The molecule has 0 unspecified atom stereocenters. The van der Waals surface area contributed by atoms with Crippen LogP contribution in [0.15, 0.2) is 0 Å². The number of carboxylic acids is 3. The van der Waals surface area contributed by atoms with Crippen molar-refractivity contribution in [3.63, 3.8) is 0 Å². The summed E-state index contributed by atoms with van der Waals surface area (Å²) in [5, 5.41) is 24.8. The summed E-state index contributed by atoms with van der Waals surface area (Å²) in [6, 6.07) is 0. The van der Waals surface area contributed by atoms with Crippen molar-refractivity contribution < 1.29 is 29.7 Å². The summed E-state index contributed by atoms with van der Waals surface area (Å²) in [5.41, 5.74) is 0. The van der Waals surface area contributed by atoms with Gasteiger partial charge in [-0.2, -0.15) is 0 Å². The van der Waals surface area contributed by atoms with Crippen LogP contribution in [-0.4, -0.2) is 33.2 Å². The fourth-order valence-corrected chi connectivity index (χ4v) is 2.64. The Balaban J connectivity index is -0.000000372. The van der Waals surface area contributed by atoms with Crippen molar-refractivity contribution in [1.29, 1.82) is 0 Å². The van der Waals surface area contributed by atoms with Crippen LogP contribution in [0.4, 0.5) is 0 Å². The SMILES string of the molecule is CCCCCC(=O)O.CCCCCCCC(=O)O.CCCCCCCCCC(=O)O. The lowest BCUT2D eigenvalue weighted by Crippen LogP contribution is -1.93. The zero-order valence-corrected chi connectivity index (χ0v) is 19.8. The van der Waals surface area contributed by atoms with Gasteiger partial charge in [-0.3, -0.25) is 14.4 Å². The van der Waals surface area contributed by atoms with Crippen LogP contribution in [0, 0.1) is 0 Å². The van der Waals surface area contributed by atoms with E-state index in [2.05, 4.69) is 20.8 Å². The van der Waals surface area contributed by atoms with Crippen molar-refractivity contribution in [2.75, 3.05) is 0 Å². The highest BCUT2D eigenvalue weighted by molar-refractivity contribution is 5.67. The smallest absolute Gasteiger partial charge is 0.303 e. The monoisotopic (exact) mass is 432 g/mol. The van der Waals surface area contributed by atoms with E-state index >= 15 is 0 Å². The van der Waals surface area contributed by atoms with E-state index in [-0.39, 0.29) is 0 Å². The van der Waals surface area contributed by atoms with E-state index in [1.54, 1.807) is 0 Å². The second kappa shape index (κ2) is 29.6. The van der Waals surface area contributed by atoms with Gasteiger partial charge < -0.3 is 15.3 Å². The van der Waals surface area contributed by atoms with Crippen LogP contribution in [0.3, 0.4) is 0 Å². The first-order chi connectivity index (χ1) is 14.3. The van der Waals surface area contributed by atoms with E-state index in [4.69, 9.17) is 15.3 Å². The van der Waals surface area contributed by atoms with Gasteiger partial charge in [0.15, 0.2) is 0 Å². The predicted molar refractivity (Wildman–Crippen MR) is 123 cm³/mol. The lowest BCUT2D eigenvalue weighted by atomic mass is 10.1. The van der Waals surface area contributed by atoms with Gasteiger partial charge in [0.2, 0.25) is 0 Å². The molecule has 0 spiro atoms. The number of aliphatic carboxylic acids is 3. The minimum Gasteiger partial charge on any atom is -0.481 e. The molecule has 0 saturated heterocycles. The van der Waals surface area contributed by atoms with E-state index in [1.807, 2.05) is 0 Å². The predicted octanol–water partition coefficient (Wildman–Crippen LogP) is 7.29. The second-order valence-corrected chi connectivity index (χ2v) is 7.67. The summed E-state index contributed by atoms with van der Waals surface area (Å²) in [4.78, 5) is 30.0. The first-order valence-electron chi connectivity index (χ1n) is 12.0. The second-order valence-electron chi connectivity index (χ2n) is 7.67. The van der Waals surface area contributed by atoms with Gasteiger partial charge in [0.25, 0.3) is 0 Å². The van der Waals surface area contributed by atoms with E-state index in [9.17, 15) is 14.4 Å². The Labute approximate surface area is 184 Å². The third-order valence-electron chi connectivity index (χ3n) is 4.48. The third kappa shape index (κ3) is 45.3. The molecule has 0 radical (unpaired) electrons. The first kappa shape index (κ1) is 33.1. The molecule has 30 heavy (non-hydrogen) atoms. The van der Waals surface area contributed by atoms with Crippen LogP contribution in [0.1, 0.15) is 136 Å². The Morgan fingerprint density at radius 1 is 0.400 bits per heavy atom. The normalized spacial score (nSPS) is 9.70. The number of unbranched alkanes of at least 4 members (excludes halogenated alkanes) is 12. The van der Waals surface area contributed by atoms with E-state index < -0.39 is 17.9 Å². The summed E-state index contributed by atoms with van der Waals surface area (Å²) in [6.07, 6.45) is 17.8. The molecule has 6 nitrogen and oxygen atoms in total. The average Bonchev–Trinajstić information content (AvgIpc) is 2.68.